The highest BCUT2D eigenvalue weighted by Gasteiger charge is 2.27. The van der Waals surface area contributed by atoms with E-state index in [4.69, 9.17) is 16.0 Å². The van der Waals surface area contributed by atoms with Gasteiger partial charge in [0.2, 0.25) is 11.8 Å². The fourth-order valence-corrected chi connectivity index (χ4v) is 4.38. The molecular weight excluding hydrogens is 420 g/mol. The lowest BCUT2D eigenvalue weighted by Gasteiger charge is -2.35. The minimum absolute atomic E-state index is 0.0990. The van der Waals surface area contributed by atoms with Crippen molar-refractivity contribution in [2.75, 3.05) is 26.2 Å². The van der Waals surface area contributed by atoms with Crippen LogP contribution in [0.1, 0.15) is 12.5 Å². The van der Waals surface area contributed by atoms with Crippen LogP contribution in [0.5, 0.6) is 0 Å². The zero-order chi connectivity index (χ0) is 20.9. The van der Waals surface area contributed by atoms with E-state index in [9.17, 15) is 4.79 Å². The van der Waals surface area contributed by atoms with Crippen LogP contribution in [0, 0.1) is 0 Å². The van der Waals surface area contributed by atoms with Crippen molar-refractivity contribution in [1.82, 2.24) is 20.0 Å². The third-order valence-corrected chi connectivity index (χ3v) is 6.19. The second-order valence-corrected chi connectivity index (χ2v) is 8.96. The van der Waals surface area contributed by atoms with Gasteiger partial charge < -0.3 is 9.32 Å². The summed E-state index contributed by atoms with van der Waals surface area (Å²) in [5.41, 5.74) is 2.06. The third kappa shape index (κ3) is 5.22. The number of amides is 1. The highest BCUT2D eigenvalue weighted by molar-refractivity contribution is 8.00. The molecule has 6 nitrogen and oxygen atoms in total. The molecule has 1 atom stereocenters. The predicted molar refractivity (Wildman–Crippen MR) is 118 cm³/mol. The Balaban J connectivity index is 1.29. The first-order valence-electron chi connectivity index (χ1n) is 9.89. The third-order valence-electron chi connectivity index (χ3n) is 5.04. The van der Waals surface area contributed by atoms with Crippen LogP contribution in [-0.2, 0) is 11.3 Å². The van der Waals surface area contributed by atoms with Crippen LogP contribution < -0.4 is 0 Å². The molecule has 0 radical (unpaired) electrons. The average molecular weight is 443 g/mol. The first-order valence-corrected chi connectivity index (χ1v) is 11.2. The van der Waals surface area contributed by atoms with Gasteiger partial charge in [-0.2, -0.15) is 0 Å². The number of nitrogens with zero attached hydrogens (tertiary/aromatic N) is 4. The molecule has 8 heteroatoms. The van der Waals surface area contributed by atoms with E-state index in [2.05, 4.69) is 39.4 Å². The number of piperazine rings is 1. The summed E-state index contributed by atoms with van der Waals surface area (Å²) in [6.45, 7) is 6.01. The summed E-state index contributed by atoms with van der Waals surface area (Å²) in [5.74, 6) is 0.496. The van der Waals surface area contributed by atoms with Crippen molar-refractivity contribution >= 4 is 29.3 Å². The number of aromatic nitrogens is 2. The van der Waals surface area contributed by atoms with Gasteiger partial charge in [0.05, 0.1) is 5.25 Å². The minimum atomic E-state index is -0.293. The van der Waals surface area contributed by atoms with Crippen molar-refractivity contribution in [1.29, 1.82) is 0 Å². The molecule has 0 saturated carbocycles. The Morgan fingerprint density at radius 2 is 1.87 bits per heavy atom. The monoisotopic (exact) mass is 442 g/mol. The van der Waals surface area contributed by atoms with Crippen LogP contribution >= 0.6 is 23.4 Å². The maximum atomic E-state index is 12.9. The Labute approximate surface area is 185 Å². The number of rotatable bonds is 6. The minimum Gasteiger partial charge on any atom is -0.411 e. The summed E-state index contributed by atoms with van der Waals surface area (Å²) >= 11 is 7.31. The highest BCUT2D eigenvalue weighted by Crippen LogP contribution is 2.28. The van der Waals surface area contributed by atoms with E-state index in [1.807, 2.05) is 30.0 Å². The number of thioether (sulfide) groups is 1. The van der Waals surface area contributed by atoms with Crippen molar-refractivity contribution in [3.63, 3.8) is 0 Å². The van der Waals surface area contributed by atoms with E-state index in [0.717, 1.165) is 38.3 Å². The SMILES string of the molecule is CC(Sc1nnc(-c2cccc(Cl)c2)o1)C(=O)N1CCN(Cc2ccccc2)CC1. The molecule has 4 rings (SSSR count). The fraction of sp³-hybridized carbons (Fsp3) is 0.318. The normalized spacial score (nSPS) is 15.9. The highest BCUT2D eigenvalue weighted by atomic mass is 35.5. The standard InChI is InChI=1S/C22H23ClN4O2S/c1-16(30-22-25-24-20(29-22)18-8-5-9-19(23)14-18)21(28)27-12-10-26(11-13-27)15-17-6-3-2-4-7-17/h2-9,14,16H,10-13,15H2,1H3. The van der Waals surface area contributed by atoms with Crippen molar-refractivity contribution in [3.8, 4) is 11.5 Å². The first-order chi connectivity index (χ1) is 14.6. The van der Waals surface area contributed by atoms with Gasteiger partial charge in [-0.15, -0.1) is 10.2 Å². The zero-order valence-electron chi connectivity index (χ0n) is 16.7. The molecule has 2 heterocycles. The summed E-state index contributed by atoms with van der Waals surface area (Å²) in [7, 11) is 0. The van der Waals surface area contributed by atoms with Gasteiger partial charge in [-0.05, 0) is 30.7 Å². The summed E-state index contributed by atoms with van der Waals surface area (Å²) in [6.07, 6.45) is 0. The summed E-state index contributed by atoms with van der Waals surface area (Å²) in [5, 5.41) is 8.84. The van der Waals surface area contributed by atoms with Crippen LogP contribution in [0.2, 0.25) is 5.02 Å². The smallest absolute Gasteiger partial charge is 0.277 e. The van der Waals surface area contributed by atoms with Crippen LogP contribution in [0.25, 0.3) is 11.5 Å². The fourth-order valence-electron chi connectivity index (χ4n) is 3.42. The second kappa shape index (κ2) is 9.64. The van der Waals surface area contributed by atoms with E-state index in [0.29, 0.717) is 16.1 Å². The number of hydrogen-bond acceptors (Lipinski definition) is 6. The molecule has 1 aromatic heterocycles. The van der Waals surface area contributed by atoms with Crippen LogP contribution in [0.3, 0.4) is 0 Å². The molecule has 1 fully saturated rings. The molecular formula is C22H23ClN4O2S. The van der Waals surface area contributed by atoms with E-state index in [1.54, 1.807) is 12.1 Å². The molecule has 1 aliphatic rings. The average Bonchev–Trinajstić information content (AvgIpc) is 3.23. The molecule has 30 heavy (non-hydrogen) atoms. The summed E-state index contributed by atoms with van der Waals surface area (Å²) in [4.78, 5) is 17.2. The van der Waals surface area contributed by atoms with Gasteiger partial charge in [-0.25, -0.2) is 0 Å². The number of carbonyl (C=O) groups is 1. The number of carbonyl (C=O) groups excluding carboxylic acids is 1. The Bertz CT molecular complexity index is 990. The topological polar surface area (TPSA) is 62.5 Å². The van der Waals surface area contributed by atoms with Crippen LogP contribution in [0.4, 0.5) is 0 Å². The predicted octanol–water partition coefficient (Wildman–Crippen LogP) is 4.22. The van der Waals surface area contributed by atoms with E-state index in [1.165, 1.54) is 17.3 Å². The maximum absolute atomic E-state index is 12.9. The molecule has 2 aromatic carbocycles. The van der Waals surface area contributed by atoms with Gasteiger partial charge in [0.25, 0.3) is 5.22 Å². The number of benzene rings is 2. The largest absolute Gasteiger partial charge is 0.411 e. The number of halogens is 1. The van der Waals surface area contributed by atoms with Gasteiger partial charge in [0.15, 0.2) is 0 Å². The Kier molecular flexibility index (Phi) is 6.72. The van der Waals surface area contributed by atoms with E-state index >= 15 is 0 Å². The molecule has 1 amide bonds. The Hall–Kier alpha value is -2.35. The van der Waals surface area contributed by atoms with Crippen molar-refractivity contribution in [2.24, 2.45) is 0 Å². The summed E-state index contributed by atoms with van der Waals surface area (Å²) in [6, 6.07) is 17.7. The van der Waals surface area contributed by atoms with Crippen molar-refractivity contribution < 1.29 is 9.21 Å². The van der Waals surface area contributed by atoms with E-state index < -0.39 is 0 Å². The Morgan fingerprint density at radius 1 is 1.10 bits per heavy atom. The van der Waals surface area contributed by atoms with Gasteiger partial charge in [0.1, 0.15) is 0 Å². The lowest BCUT2D eigenvalue weighted by molar-refractivity contribution is -0.132. The molecule has 156 valence electrons. The van der Waals surface area contributed by atoms with Gasteiger partial charge in [0, 0.05) is 43.3 Å². The van der Waals surface area contributed by atoms with Gasteiger partial charge >= 0.3 is 0 Å². The van der Waals surface area contributed by atoms with Gasteiger partial charge in [-0.1, -0.05) is 59.8 Å². The second-order valence-electron chi connectivity index (χ2n) is 7.23. The quantitative estimate of drug-likeness (QED) is 0.533. The molecule has 0 aliphatic carbocycles. The van der Waals surface area contributed by atoms with Gasteiger partial charge in [-0.3, -0.25) is 9.69 Å². The molecule has 1 aliphatic heterocycles. The Morgan fingerprint density at radius 3 is 2.60 bits per heavy atom. The molecule has 1 unspecified atom stereocenters. The maximum Gasteiger partial charge on any atom is 0.277 e. The lowest BCUT2D eigenvalue weighted by Crippen LogP contribution is -2.50. The van der Waals surface area contributed by atoms with Crippen molar-refractivity contribution in [2.45, 2.75) is 23.9 Å². The lowest BCUT2D eigenvalue weighted by atomic mass is 10.2. The molecule has 1 saturated heterocycles. The van der Waals surface area contributed by atoms with Crippen LogP contribution in [-0.4, -0.2) is 57.3 Å². The molecule has 0 spiro atoms. The van der Waals surface area contributed by atoms with Crippen LogP contribution in [0.15, 0.2) is 64.2 Å². The zero-order valence-corrected chi connectivity index (χ0v) is 18.3. The van der Waals surface area contributed by atoms with E-state index in [-0.39, 0.29) is 11.2 Å². The molecule has 0 N–H and O–H groups in total. The molecule has 3 aromatic rings. The first kappa shape index (κ1) is 20.9. The molecule has 0 bridgehead atoms. The summed E-state index contributed by atoms with van der Waals surface area (Å²) < 4.78 is 5.72. The number of hydrogen-bond donors (Lipinski definition) is 0. The van der Waals surface area contributed by atoms with Crippen molar-refractivity contribution in [3.05, 3.63) is 65.2 Å².